The number of fused-ring (bicyclic) bond motifs is 1. The van der Waals surface area contributed by atoms with Crippen LogP contribution in [-0.2, 0) is 10.0 Å². The van der Waals surface area contributed by atoms with Crippen molar-refractivity contribution in [2.75, 3.05) is 24.5 Å². The summed E-state index contributed by atoms with van der Waals surface area (Å²) in [5.41, 5.74) is 4.44. The van der Waals surface area contributed by atoms with Crippen molar-refractivity contribution in [1.29, 1.82) is 0 Å². The molecule has 3 aromatic carbocycles. The summed E-state index contributed by atoms with van der Waals surface area (Å²) in [5, 5.41) is 11.6. The molecule has 2 aliphatic rings. The fourth-order valence-electron chi connectivity index (χ4n) is 4.90. The van der Waals surface area contributed by atoms with Gasteiger partial charge in [0.05, 0.1) is 21.9 Å². The molecule has 0 radical (unpaired) electrons. The Hall–Kier alpha value is -3.62. The normalized spacial score (nSPS) is 16.5. The van der Waals surface area contributed by atoms with Gasteiger partial charge in [-0.25, -0.2) is 18.1 Å². The number of benzene rings is 3. The van der Waals surface area contributed by atoms with E-state index in [-0.39, 0.29) is 10.8 Å². The number of aromatic hydroxyl groups is 1. The smallest absolute Gasteiger partial charge is 0.240 e. The molecule has 8 heteroatoms. The number of aliphatic imine (C=N–C) groups is 1. The van der Waals surface area contributed by atoms with Crippen LogP contribution in [0, 0.1) is 5.92 Å². The first-order valence-corrected chi connectivity index (χ1v) is 14.3. The Bertz CT molecular complexity index is 1550. The van der Waals surface area contributed by atoms with Gasteiger partial charge in [0, 0.05) is 41.8 Å². The molecule has 7 nitrogen and oxygen atoms in total. The van der Waals surface area contributed by atoms with Crippen LogP contribution < -0.4 is 9.62 Å². The highest BCUT2D eigenvalue weighted by molar-refractivity contribution is 7.89. The molecule has 1 saturated carbocycles. The lowest BCUT2D eigenvalue weighted by Gasteiger charge is -2.17. The third-order valence-corrected chi connectivity index (χ3v) is 8.59. The van der Waals surface area contributed by atoms with E-state index in [9.17, 15) is 13.5 Å². The predicted molar refractivity (Wildman–Crippen MR) is 148 cm³/mol. The van der Waals surface area contributed by atoms with Crippen LogP contribution in [0.5, 0.6) is 5.88 Å². The van der Waals surface area contributed by atoms with Crippen molar-refractivity contribution < 1.29 is 13.5 Å². The molecule has 0 spiro atoms. The zero-order chi connectivity index (χ0) is 25.4. The number of aromatic nitrogens is 1. The number of hydrogen-bond donors (Lipinski definition) is 3. The molecule has 190 valence electrons. The van der Waals surface area contributed by atoms with Crippen LogP contribution in [0.2, 0.25) is 0 Å². The number of nitrogens with one attached hydrogen (secondary N) is 2. The molecule has 37 heavy (non-hydrogen) atoms. The first kappa shape index (κ1) is 23.8. The Morgan fingerprint density at radius 2 is 1.73 bits per heavy atom. The van der Waals surface area contributed by atoms with Gasteiger partial charge in [0.15, 0.2) is 5.88 Å². The van der Waals surface area contributed by atoms with E-state index in [4.69, 9.17) is 4.99 Å². The van der Waals surface area contributed by atoms with Gasteiger partial charge in [0.25, 0.3) is 0 Å². The average molecular weight is 515 g/mol. The lowest BCUT2D eigenvalue weighted by atomic mass is 10.0. The molecular formula is C29H30N4O3S. The van der Waals surface area contributed by atoms with E-state index < -0.39 is 10.0 Å². The maximum absolute atomic E-state index is 13.0. The van der Waals surface area contributed by atoms with Crippen LogP contribution in [0.15, 0.2) is 82.7 Å². The van der Waals surface area contributed by atoms with E-state index in [1.54, 1.807) is 18.2 Å². The van der Waals surface area contributed by atoms with Crippen molar-refractivity contribution in [2.24, 2.45) is 10.9 Å². The van der Waals surface area contributed by atoms with Gasteiger partial charge < -0.3 is 15.0 Å². The number of aromatic amines is 1. The zero-order valence-electron chi connectivity index (χ0n) is 20.5. The van der Waals surface area contributed by atoms with Crippen LogP contribution in [0.25, 0.3) is 10.9 Å². The number of rotatable bonds is 8. The van der Waals surface area contributed by atoms with E-state index >= 15 is 0 Å². The van der Waals surface area contributed by atoms with E-state index in [0.29, 0.717) is 34.6 Å². The molecule has 1 aliphatic heterocycles. The molecule has 6 rings (SSSR count). The number of hydrogen-bond acceptors (Lipinski definition) is 5. The van der Waals surface area contributed by atoms with E-state index in [2.05, 4.69) is 26.7 Å². The number of sulfonamides is 1. The summed E-state index contributed by atoms with van der Waals surface area (Å²) in [6, 6.07) is 22.7. The Labute approximate surface area is 216 Å². The number of anilines is 1. The molecule has 0 atom stereocenters. The Balaban J connectivity index is 1.43. The topological polar surface area (TPSA) is 97.8 Å². The third kappa shape index (κ3) is 4.99. The minimum absolute atomic E-state index is 0.0493. The van der Waals surface area contributed by atoms with Gasteiger partial charge in [-0.15, -0.1) is 0 Å². The number of H-pyrrole nitrogens is 1. The molecule has 0 bridgehead atoms. The maximum atomic E-state index is 13.0. The van der Waals surface area contributed by atoms with Crippen LogP contribution in [0.1, 0.15) is 36.8 Å². The monoisotopic (exact) mass is 514 g/mol. The minimum Gasteiger partial charge on any atom is -0.494 e. The van der Waals surface area contributed by atoms with Crippen molar-refractivity contribution in [3.8, 4) is 5.88 Å². The first-order valence-electron chi connectivity index (χ1n) is 12.8. The summed E-state index contributed by atoms with van der Waals surface area (Å²) in [6.45, 7) is 2.60. The van der Waals surface area contributed by atoms with Crippen LogP contribution >= 0.6 is 0 Å². The SMILES string of the molecule is O=S(=O)(NCC1CC1)c1ccc2[nH]c(O)c(C(=Nc3ccc(N4CCCC4)cc3)c3ccccc3)c2c1. The van der Waals surface area contributed by atoms with Gasteiger partial charge in [0.1, 0.15) is 0 Å². The summed E-state index contributed by atoms with van der Waals surface area (Å²) in [4.78, 5) is 10.5. The second-order valence-electron chi connectivity index (χ2n) is 9.89. The number of nitrogens with zero attached hydrogens (tertiary/aromatic N) is 2. The van der Waals surface area contributed by atoms with Crippen molar-refractivity contribution in [1.82, 2.24) is 9.71 Å². The Morgan fingerprint density at radius 3 is 2.43 bits per heavy atom. The standard InChI is InChI=1S/C29H30N4O3S/c34-29-27(25-18-24(14-15-26(25)32-29)37(35,36)30-19-20-8-9-20)28(21-6-2-1-3-7-21)31-22-10-12-23(13-11-22)33-16-4-5-17-33/h1-3,6-7,10-15,18,20,30,32,34H,4-5,8-9,16-17,19H2. The average Bonchev–Trinajstić information content (AvgIpc) is 3.47. The van der Waals surface area contributed by atoms with Crippen LogP contribution in [0.3, 0.4) is 0 Å². The van der Waals surface area contributed by atoms with Gasteiger partial charge in [0.2, 0.25) is 10.0 Å². The molecular weight excluding hydrogens is 484 g/mol. The largest absolute Gasteiger partial charge is 0.494 e. The van der Waals surface area contributed by atoms with Gasteiger partial charge >= 0.3 is 0 Å². The molecule has 2 heterocycles. The maximum Gasteiger partial charge on any atom is 0.240 e. The van der Waals surface area contributed by atoms with Crippen LogP contribution in [-0.4, -0.2) is 43.9 Å². The van der Waals surface area contributed by atoms with Crippen molar-refractivity contribution >= 4 is 38.0 Å². The summed E-state index contributed by atoms with van der Waals surface area (Å²) in [6.07, 6.45) is 4.55. The first-order chi connectivity index (χ1) is 18.0. The second-order valence-corrected chi connectivity index (χ2v) is 11.7. The Morgan fingerprint density at radius 1 is 1.00 bits per heavy atom. The summed E-state index contributed by atoms with van der Waals surface area (Å²) in [5.74, 6) is 0.380. The molecule has 2 fully saturated rings. The summed E-state index contributed by atoms with van der Waals surface area (Å²) >= 11 is 0. The molecule has 1 aromatic heterocycles. The van der Waals surface area contributed by atoms with Crippen molar-refractivity contribution in [2.45, 2.75) is 30.6 Å². The Kier molecular flexibility index (Phi) is 6.22. The van der Waals surface area contributed by atoms with E-state index in [0.717, 1.165) is 37.2 Å². The van der Waals surface area contributed by atoms with Gasteiger partial charge in [-0.3, -0.25) is 0 Å². The van der Waals surface area contributed by atoms with Gasteiger partial charge in [-0.1, -0.05) is 30.3 Å². The predicted octanol–water partition coefficient (Wildman–Crippen LogP) is 5.33. The fourth-order valence-corrected chi connectivity index (χ4v) is 6.04. The molecule has 1 saturated heterocycles. The lowest BCUT2D eigenvalue weighted by Crippen LogP contribution is -2.25. The summed E-state index contributed by atoms with van der Waals surface area (Å²) in [7, 11) is -3.67. The van der Waals surface area contributed by atoms with Crippen LogP contribution in [0.4, 0.5) is 11.4 Å². The van der Waals surface area contributed by atoms with Crippen molar-refractivity contribution in [3.63, 3.8) is 0 Å². The highest BCUT2D eigenvalue weighted by Crippen LogP contribution is 2.34. The highest BCUT2D eigenvalue weighted by atomic mass is 32.2. The molecule has 0 unspecified atom stereocenters. The lowest BCUT2D eigenvalue weighted by molar-refractivity contribution is 0.457. The van der Waals surface area contributed by atoms with E-state index in [1.807, 2.05) is 42.5 Å². The molecule has 1 aliphatic carbocycles. The molecule has 4 aromatic rings. The zero-order valence-corrected chi connectivity index (χ0v) is 21.3. The third-order valence-electron chi connectivity index (χ3n) is 7.17. The van der Waals surface area contributed by atoms with Gasteiger partial charge in [-0.05, 0) is 74.1 Å². The van der Waals surface area contributed by atoms with E-state index in [1.165, 1.54) is 18.5 Å². The van der Waals surface area contributed by atoms with Crippen molar-refractivity contribution in [3.05, 3.63) is 83.9 Å². The quantitative estimate of drug-likeness (QED) is 0.277. The fraction of sp³-hybridized carbons (Fsp3) is 0.276. The highest BCUT2D eigenvalue weighted by Gasteiger charge is 2.26. The van der Waals surface area contributed by atoms with Gasteiger partial charge in [-0.2, -0.15) is 0 Å². The molecule has 0 amide bonds. The summed E-state index contributed by atoms with van der Waals surface area (Å²) < 4.78 is 28.7. The second kappa shape index (κ2) is 9.68. The minimum atomic E-state index is -3.67. The molecule has 3 N–H and O–H groups in total.